The van der Waals surface area contributed by atoms with Gasteiger partial charge in [0.05, 0.1) is 21.5 Å². The van der Waals surface area contributed by atoms with E-state index in [0.717, 1.165) is 17.7 Å². The Kier molecular flexibility index (Phi) is 7.02. The van der Waals surface area contributed by atoms with Crippen LogP contribution in [-0.2, 0) is 21.0 Å². The van der Waals surface area contributed by atoms with E-state index in [-0.39, 0.29) is 19.0 Å². The quantitative estimate of drug-likeness (QED) is 0.698. The molecular weight excluding hydrogens is 419 g/mol. The Morgan fingerprint density at radius 1 is 1.21 bits per heavy atom. The Morgan fingerprint density at radius 3 is 2.46 bits per heavy atom. The molecule has 0 unspecified atom stereocenters. The zero-order valence-electron chi connectivity index (χ0n) is 14.6. The van der Waals surface area contributed by atoms with E-state index in [4.69, 9.17) is 11.6 Å². The summed E-state index contributed by atoms with van der Waals surface area (Å²) in [6.45, 7) is 1.48. The van der Waals surface area contributed by atoms with Crippen LogP contribution in [0.3, 0.4) is 0 Å². The third-order valence-electron chi connectivity index (χ3n) is 3.78. The van der Waals surface area contributed by atoms with Crippen LogP contribution in [0.15, 0.2) is 47.6 Å². The molecule has 28 heavy (non-hydrogen) atoms. The van der Waals surface area contributed by atoms with Crippen molar-refractivity contribution in [3.63, 3.8) is 0 Å². The first-order valence-corrected chi connectivity index (χ1v) is 9.92. The molecule has 11 heteroatoms. The Bertz CT molecular complexity index is 938. The maximum Gasteiger partial charge on any atom is 0.417 e. The van der Waals surface area contributed by atoms with Crippen LogP contribution in [0.1, 0.15) is 30.5 Å². The monoisotopic (exact) mass is 435 g/mol. The molecule has 0 bridgehead atoms. The first kappa shape index (κ1) is 22.1. The number of amides is 1. The molecule has 1 aromatic heterocycles. The lowest BCUT2D eigenvalue weighted by Gasteiger charge is -2.14. The summed E-state index contributed by atoms with van der Waals surface area (Å²) < 4.78 is 65.1. The minimum atomic E-state index is -4.79. The molecule has 0 radical (unpaired) electrons. The van der Waals surface area contributed by atoms with Crippen LogP contribution < -0.4 is 10.0 Å². The molecule has 0 spiro atoms. The van der Waals surface area contributed by atoms with Gasteiger partial charge in [-0.2, -0.15) is 13.2 Å². The normalized spacial score (nSPS) is 13.2. The first-order valence-electron chi connectivity index (χ1n) is 8.06. The highest BCUT2D eigenvalue weighted by Crippen LogP contribution is 2.35. The smallest absolute Gasteiger partial charge is 0.350 e. The molecule has 1 amide bonds. The molecule has 1 aromatic carbocycles. The van der Waals surface area contributed by atoms with Crippen LogP contribution in [0.5, 0.6) is 0 Å². The van der Waals surface area contributed by atoms with E-state index >= 15 is 0 Å². The Hall–Kier alpha value is -2.17. The van der Waals surface area contributed by atoms with Crippen LogP contribution in [0.4, 0.5) is 13.2 Å². The molecule has 6 nitrogen and oxygen atoms in total. The van der Waals surface area contributed by atoms with Crippen molar-refractivity contribution in [3.8, 4) is 0 Å². The first-order chi connectivity index (χ1) is 13.0. The van der Waals surface area contributed by atoms with Crippen molar-refractivity contribution in [2.75, 3.05) is 6.54 Å². The van der Waals surface area contributed by atoms with Gasteiger partial charge in [0.25, 0.3) is 0 Å². The van der Waals surface area contributed by atoms with Gasteiger partial charge >= 0.3 is 6.18 Å². The molecule has 2 aromatic rings. The van der Waals surface area contributed by atoms with Crippen molar-refractivity contribution < 1.29 is 26.4 Å². The second-order valence-corrected chi connectivity index (χ2v) is 8.03. The van der Waals surface area contributed by atoms with Gasteiger partial charge in [-0.25, -0.2) is 13.1 Å². The number of hydrogen-bond acceptors (Lipinski definition) is 4. The molecule has 1 heterocycles. The van der Waals surface area contributed by atoms with Crippen LogP contribution in [0.25, 0.3) is 0 Å². The lowest BCUT2D eigenvalue weighted by Crippen LogP contribution is -2.32. The van der Waals surface area contributed by atoms with Gasteiger partial charge in [0.15, 0.2) is 0 Å². The number of nitrogens with one attached hydrogen (secondary N) is 2. The minimum Gasteiger partial charge on any atom is -0.350 e. The number of aromatic nitrogens is 1. The molecule has 0 saturated heterocycles. The van der Waals surface area contributed by atoms with Gasteiger partial charge < -0.3 is 5.32 Å². The van der Waals surface area contributed by atoms with E-state index in [1.54, 1.807) is 31.5 Å². The fourth-order valence-corrected chi connectivity index (χ4v) is 3.60. The van der Waals surface area contributed by atoms with E-state index in [1.165, 1.54) is 0 Å². The van der Waals surface area contributed by atoms with E-state index in [1.807, 2.05) is 0 Å². The highest BCUT2D eigenvalue weighted by molar-refractivity contribution is 7.89. The molecule has 0 saturated carbocycles. The Morgan fingerprint density at radius 2 is 1.86 bits per heavy atom. The highest BCUT2D eigenvalue weighted by atomic mass is 35.5. The molecular formula is C17H17ClF3N3O3S. The summed E-state index contributed by atoms with van der Waals surface area (Å²) in [6, 6.07) is 5.43. The predicted molar refractivity (Wildman–Crippen MR) is 97.1 cm³/mol. The minimum absolute atomic E-state index is 0.186. The van der Waals surface area contributed by atoms with Crippen molar-refractivity contribution in [3.05, 3.63) is 58.9 Å². The molecule has 0 fully saturated rings. The van der Waals surface area contributed by atoms with Crippen LogP contribution in [-0.4, -0.2) is 25.9 Å². The van der Waals surface area contributed by atoms with Gasteiger partial charge in [0, 0.05) is 25.4 Å². The summed E-state index contributed by atoms with van der Waals surface area (Å²) in [5.74, 6) is -0.418. The molecule has 1 atom stereocenters. The third-order valence-corrected chi connectivity index (χ3v) is 5.57. The maximum absolute atomic E-state index is 12.9. The number of benzene rings is 1. The van der Waals surface area contributed by atoms with Crippen molar-refractivity contribution in [2.24, 2.45) is 0 Å². The number of rotatable bonds is 7. The highest BCUT2D eigenvalue weighted by Gasteiger charge is 2.34. The second-order valence-electron chi connectivity index (χ2n) is 5.86. The molecule has 0 aliphatic rings. The average molecular weight is 436 g/mol. The second kappa shape index (κ2) is 8.89. The molecule has 152 valence electrons. The molecule has 0 aliphatic carbocycles. The SMILES string of the molecule is C[C@@H](NC(=O)CCNS(=O)(=O)c1ccc(Cl)c(C(F)(F)F)c1)c1ccncc1. The van der Waals surface area contributed by atoms with Crippen molar-refractivity contribution in [1.82, 2.24) is 15.0 Å². The summed E-state index contributed by atoms with van der Waals surface area (Å²) in [7, 11) is -4.23. The van der Waals surface area contributed by atoms with Crippen molar-refractivity contribution >= 4 is 27.5 Å². The number of hydrogen-bond donors (Lipinski definition) is 2. The van der Waals surface area contributed by atoms with Gasteiger partial charge in [0.2, 0.25) is 15.9 Å². The Labute approximate surface area is 165 Å². The van der Waals surface area contributed by atoms with Crippen LogP contribution in [0.2, 0.25) is 5.02 Å². The summed E-state index contributed by atoms with van der Waals surface area (Å²) in [5.41, 5.74) is -0.425. The summed E-state index contributed by atoms with van der Waals surface area (Å²) >= 11 is 5.48. The van der Waals surface area contributed by atoms with Gasteiger partial charge in [-0.3, -0.25) is 9.78 Å². The number of halogens is 4. The third kappa shape index (κ3) is 5.91. The fourth-order valence-electron chi connectivity index (χ4n) is 2.32. The van der Waals surface area contributed by atoms with E-state index < -0.39 is 37.6 Å². The fraction of sp³-hybridized carbons (Fsp3) is 0.294. The number of carbonyl (C=O) groups is 1. The summed E-state index contributed by atoms with van der Waals surface area (Å²) in [5, 5.41) is 2.09. The molecule has 2 N–H and O–H groups in total. The Balaban J connectivity index is 1.96. The zero-order chi connectivity index (χ0) is 20.9. The van der Waals surface area contributed by atoms with Crippen molar-refractivity contribution in [1.29, 1.82) is 0 Å². The largest absolute Gasteiger partial charge is 0.417 e. The summed E-state index contributed by atoms with van der Waals surface area (Å²) in [4.78, 5) is 15.2. The molecule has 0 aliphatic heterocycles. The number of carbonyl (C=O) groups excluding carboxylic acids is 1. The van der Waals surface area contributed by atoms with E-state index in [0.29, 0.717) is 6.07 Å². The van der Waals surface area contributed by atoms with Gasteiger partial charge in [-0.05, 0) is 42.8 Å². The van der Waals surface area contributed by atoms with Crippen molar-refractivity contribution in [2.45, 2.75) is 30.5 Å². The predicted octanol–water partition coefficient (Wildman–Crippen LogP) is 3.30. The number of sulfonamides is 1. The lowest BCUT2D eigenvalue weighted by molar-refractivity contribution is -0.137. The van der Waals surface area contributed by atoms with Gasteiger partial charge in [-0.15, -0.1) is 0 Å². The summed E-state index contributed by atoms with van der Waals surface area (Å²) in [6.07, 6.45) is -1.82. The van der Waals surface area contributed by atoms with E-state index in [2.05, 4.69) is 15.0 Å². The van der Waals surface area contributed by atoms with Crippen LogP contribution >= 0.6 is 11.6 Å². The lowest BCUT2D eigenvalue weighted by atomic mass is 10.1. The maximum atomic E-state index is 12.9. The van der Waals surface area contributed by atoms with Gasteiger partial charge in [-0.1, -0.05) is 11.6 Å². The van der Waals surface area contributed by atoms with E-state index in [9.17, 15) is 26.4 Å². The number of alkyl halides is 3. The number of nitrogens with zero attached hydrogens (tertiary/aromatic N) is 1. The zero-order valence-corrected chi connectivity index (χ0v) is 16.2. The average Bonchev–Trinajstić information content (AvgIpc) is 2.61. The number of pyridine rings is 1. The molecule has 2 rings (SSSR count). The topological polar surface area (TPSA) is 88.2 Å². The van der Waals surface area contributed by atoms with Gasteiger partial charge in [0.1, 0.15) is 0 Å². The van der Waals surface area contributed by atoms with Crippen LogP contribution in [0, 0.1) is 0 Å². The standard InChI is InChI=1S/C17H17ClF3N3O3S/c1-11(12-4-7-22-8-5-12)24-16(25)6-9-23-28(26,27)13-2-3-15(18)14(10-13)17(19,20)21/h2-5,7-8,10-11,23H,6,9H2,1H3,(H,24,25)/t11-/m1/s1.